The van der Waals surface area contributed by atoms with Crippen LogP contribution in [0.1, 0.15) is 11.1 Å². The number of hydrogen-bond acceptors (Lipinski definition) is 3. The number of benzene rings is 1. The predicted molar refractivity (Wildman–Crippen MR) is 81.6 cm³/mol. The van der Waals surface area contributed by atoms with Crippen LogP contribution in [0.25, 0.3) is 0 Å². The number of aliphatic carboxylic acids is 1. The van der Waals surface area contributed by atoms with Gasteiger partial charge in [0.2, 0.25) is 0 Å². The van der Waals surface area contributed by atoms with Crippen LogP contribution in [0.5, 0.6) is 0 Å². The van der Waals surface area contributed by atoms with E-state index in [1.807, 2.05) is 12.1 Å². The second-order valence-corrected chi connectivity index (χ2v) is 5.91. The van der Waals surface area contributed by atoms with Crippen molar-refractivity contribution >= 4 is 12.0 Å². The van der Waals surface area contributed by atoms with E-state index in [0.717, 1.165) is 16.0 Å². The van der Waals surface area contributed by atoms with Gasteiger partial charge in [0, 0.05) is 26.7 Å². The molecule has 0 saturated carbocycles. The predicted octanol–water partition coefficient (Wildman–Crippen LogP) is 2.24. The number of alkyl halides is 3. The van der Waals surface area contributed by atoms with Gasteiger partial charge in [-0.05, 0) is 11.1 Å². The highest BCUT2D eigenvalue weighted by Gasteiger charge is 2.53. The number of carboxylic acid groups (broad SMARTS) is 1. The fraction of sp³-hybridized carbons (Fsp3) is 0.500. The molecule has 1 saturated heterocycles. The molecular weight excluding hydrogens is 341 g/mol. The number of amides is 2. The van der Waals surface area contributed by atoms with Gasteiger partial charge in [-0.25, -0.2) is 4.79 Å². The molecule has 2 atom stereocenters. The summed E-state index contributed by atoms with van der Waals surface area (Å²) in [6, 6.07) is 6.48. The maximum absolute atomic E-state index is 12.9. The third-order valence-corrected chi connectivity index (χ3v) is 4.12. The van der Waals surface area contributed by atoms with Crippen LogP contribution < -0.4 is 5.32 Å². The Morgan fingerprint density at radius 1 is 1.24 bits per heavy atom. The van der Waals surface area contributed by atoms with E-state index >= 15 is 0 Å². The Bertz CT molecular complexity index is 619. The number of nitrogens with zero attached hydrogens (tertiary/aromatic N) is 1. The van der Waals surface area contributed by atoms with Gasteiger partial charge in [0.1, 0.15) is 0 Å². The van der Waals surface area contributed by atoms with Crippen LogP contribution >= 0.6 is 0 Å². The van der Waals surface area contributed by atoms with Gasteiger partial charge in [0.05, 0.1) is 18.4 Å². The normalized spacial score (nSPS) is 20.6. The lowest BCUT2D eigenvalue weighted by molar-refractivity contribution is -0.187. The number of carbonyl (C=O) groups excluding carboxylic acids is 1. The molecule has 0 bridgehead atoms. The summed E-state index contributed by atoms with van der Waals surface area (Å²) in [4.78, 5) is 24.0. The molecule has 1 heterocycles. The molecule has 1 aromatic carbocycles. The van der Waals surface area contributed by atoms with Crippen LogP contribution in [0.2, 0.25) is 0 Å². The van der Waals surface area contributed by atoms with Crippen molar-refractivity contribution in [2.75, 3.05) is 20.2 Å². The highest BCUT2D eigenvalue weighted by Crippen LogP contribution is 2.37. The Labute approximate surface area is 142 Å². The van der Waals surface area contributed by atoms with Gasteiger partial charge in [0.15, 0.2) is 0 Å². The van der Waals surface area contributed by atoms with E-state index in [-0.39, 0.29) is 6.54 Å². The van der Waals surface area contributed by atoms with Crippen LogP contribution in [0, 0.1) is 11.8 Å². The molecule has 25 heavy (non-hydrogen) atoms. The zero-order chi connectivity index (χ0) is 18.6. The maximum atomic E-state index is 12.9. The summed E-state index contributed by atoms with van der Waals surface area (Å²) in [5.74, 6) is -5.24. The minimum Gasteiger partial charge on any atom is -0.481 e. The molecule has 0 unspecified atom stereocenters. The minimum atomic E-state index is -4.66. The van der Waals surface area contributed by atoms with E-state index in [1.165, 1.54) is 0 Å². The largest absolute Gasteiger partial charge is 0.481 e. The second kappa shape index (κ2) is 7.73. The lowest BCUT2D eigenvalue weighted by atomic mass is 9.96. The first kappa shape index (κ1) is 19.0. The van der Waals surface area contributed by atoms with E-state index in [9.17, 15) is 22.8 Å². The smallest absolute Gasteiger partial charge is 0.394 e. The molecule has 2 amide bonds. The van der Waals surface area contributed by atoms with Crippen molar-refractivity contribution in [3.8, 4) is 0 Å². The Kier molecular flexibility index (Phi) is 5.89. The molecule has 0 spiro atoms. The van der Waals surface area contributed by atoms with E-state index < -0.39 is 43.1 Å². The molecule has 1 fully saturated rings. The number of carboxylic acids is 1. The summed E-state index contributed by atoms with van der Waals surface area (Å²) >= 11 is 0. The van der Waals surface area contributed by atoms with Crippen LogP contribution in [-0.4, -0.2) is 48.4 Å². The lowest BCUT2D eigenvalue weighted by Crippen LogP contribution is -2.39. The highest BCUT2D eigenvalue weighted by molar-refractivity contribution is 5.77. The quantitative estimate of drug-likeness (QED) is 0.844. The number of hydrogen-bond donors (Lipinski definition) is 2. The molecule has 0 aliphatic carbocycles. The van der Waals surface area contributed by atoms with Crippen molar-refractivity contribution in [1.82, 2.24) is 10.2 Å². The molecule has 9 heteroatoms. The van der Waals surface area contributed by atoms with Gasteiger partial charge in [-0.2, -0.15) is 13.2 Å². The van der Waals surface area contributed by atoms with Gasteiger partial charge >= 0.3 is 18.2 Å². The summed E-state index contributed by atoms with van der Waals surface area (Å²) < 4.78 is 43.8. The molecule has 6 nitrogen and oxygen atoms in total. The summed E-state index contributed by atoms with van der Waals surface area (Å²) in [5.41, 5.74) is 1.73. The average Bonchev–Trinajstić information content (AvgIpc) is 3.00. The van der Waals surface area contributed by atoms with Gasteiger partial charge in [-0.3, -0.25) is 4.79 Å². The second-order valence-electron chi connectivity index (χ2n) is 5.91. The van der Waals surface area contributed by atoms with E-state index in [1.54, 1.807) is 19.2 Å². The van der Waals surface area contributed by atoms with Crippen LogP contribution in [0.4, 0.5) is 18.0 Å². The number of nitrogens with one attached hydrogen (secondary N) is 1. The molecule has 0 radical (unpaired) electrons. The number of carbonyl (C=O) groups is 2. The van der Waals surface area contributed by atoms with E-state index in [4.69, 9.17) is 9.84 Å². The van der Waals surface area contributed by atoms with Crippen LogP contribution in [0.15, 0.2) is 24.3 Å². The Morgan fingerprint density at radius 3 is 2.32 bits per heavy atom. The number of ether oxygens (including phenoxy) is 1. The third kappa shape index (κ3) is 4.85. The van der Waals surface area contributed by atoms with Gasteiger partial charge < -0.3 is 20.1 Å². The molecule has 1 aromatic rings. The number of halogens is 3. The van der Waals surface area contributed by atoms with Crippen molar-refractivity contribution < 1.29 is 32.6 Å². The summed E-state index contributed by atoms with van der Waals surface area (Å²) in [7, 11) is 1.57. The van der Waals surface area contributed by atoms with Crippen molar-refractivity contribution in [2.24, 2.45) is 11.8 Å². The monoisotopic (exact) mass is 360 g/mol. The summed E-state index contributed by atoms with van der Waals surface area (Å²) in [5, 5.41) is 11.5. The topological polar surface area (TPSA) is 78.9 Å². The van der Waals surface area contributed by atoms with Gasteiger partial charge in [-0.15, -0.1) is 0 Å². The molecule has 1 aliphatic heterocycles. The first-order valence-corrected chi connectivity index (χ1v) is 7.61. The number of methoxy groups -OCH3 is 1. The standard InChI is InChI=1S/C16H19F3N2O4/c1-25-9-11-4-2-10(3-5-11)6-20-15(24)21-7-12(14(22)23)13(8-21)16(17,18)19/h2-5,12-13H,6-9H2,1H3,(H,20,24)(H,22,23)/t12-,13-/m1/s1. The first-order chi connectivity index (χ1) is 11.7. The number of likely N-dealkylation sites (tertiary alicyclic amines) is 1. The Hall–Kier alpha value is -2.29. The molecule has 2 N–H and O–H groups in total. The van der Waals surface area contributed by atoms with Crippen molar-refractivity contribution in [2.45, 2.75) is 19.3 Å². The fourth-order valence-electron chi connectivity index (χ4n) is 2.76. The molecule has 1 aliphatic rings. The van der Waals surface area contributed by atoms with E-state index in [0.29, 0.717) is 6.61 Å². The zero-order valence-electron chi connectivity index (χ0n) is 13.5. The first-order valence-electron chi connectivity index (χ1n) is 7.61. The molecule has 0 aromatic heterocycles. The average molecular weight is 360 g/mol. The van der Waals surface area contributed by atoms with Crippen LogP contribution in [-0.2, 0) is 22.7 Å². The summed E-state index contributed by atoms with van der Waals surface area (Å²) in [6.45, 7) is -0.524. The van der Waals surface area contributed by atoms with Crippen molar-refractivity contribution in [3.05, 3.63) is 35.4 Å². The number of urea groups is 1. The van der Waals surface area contributed by atoms with Crippen molar-refractivity contribution in [3.63, 3.8) is 0 Å². The lowest BCUT2D eigenvalue weighted by Gasteiger charge is -2.18. The SMILES string of the molecule is COCc1ccc(CNC(=O)N2C[C@@H](C(F)(F)F)[C@H](C(=O)O)C2)cc1. The van der Waals surface area contributed by atoms with Crippen molar-refractivity contribution in [1.29, 1.82) is 0 Å². The fourth-order valence-corrected chi connectivity index (χ4v) is 2.76. The highest BCUT2D eigenvalue weighted by atomic mass is 19.4. The van der Waals surface area contributed by atoms with E-state index in [2.05, 4.69) is 5.32 Å². The van der Waals surface area contributed by atoms with Gasteiger partial charge in [0.25, 0.3) is 0 Å². The Balaban J connectivity index is 1.93. The zero-order valence-corrected chi connectivity index (χ0v) is 13.5. The number of rotatable bonds is 5. The Morgan fingerprint density at radius 2 is 1.84 bits per heavy atom. The maximum Gasteiger partial charge on any atom is 0.394 e. The molecule has 2 rings (SSSR count). The van der Waals surface area contributed by atoms with Gasteiger partial charge in [-0.1, -0.05) is 24.3 Å². The molecule has 138 valence electrons. The van der Waals surface area contributed by atoms with Crippen LogP contribution in [0.3, 0.4) is 0 Å². The molecular formula is C16H19F3N2O4. The third-order valence-electron chi connectivity index (χ3n) is 4.12. The summed E-state index contributed by atoms with van der Waals surface area (Å²) in [6.07, 6.45) is -4.66. The minimum absolute atomic E-state index is 0.136.